The van der Waals surface area contributed by atoms with Crippen molar-refractivity contribution in [3.8, 4) is 11.5 Å². The third kappa shape index (κ3) is 2.59. The largest absolute Gasteiger partial charge is 0.454 e. The Kier molecular flexibility index (Phi) is 3.55. The molecule has 0 saturated carbocycles. The molecule has 0 unspecified atom stereocenters. The maximum absolute atomic E-state index is 6.10. The molecule has 106 valence electrons. The summed E-state index contributed by atoms with van der Waals surface area (Å²) < 4.78 is 7.07. The first-order valence-corrected chi connectivity index (χ1v) is 7.43. The fourth-order valence-electron chi connectivity index (χ4n) is 2.21. The van der Waals surface area contributed by atoms with Crippen LogP contribution in [0.1, 0.15) is 11.1 Å². The van der Waals surface area contributed by atoms with Crippen LogP contribution in [0.4, 0.5) is 5.69 Å². The molecule has 0 spiro atoms. The van der Waals surface area contributed by atoms with Crippen LogP contribution in [0.25, 0.3) is 10.9 Å². The van der Waals surface area contributed by atoms with Gasteiger partial charge < -0.3 is 10.5 Å². The van der Waals surface area contributed by atoms with Crippen LogP contribution < -0.4 is 10.5 Å². The van der Waals surface area contributed by atoms with E-state index in [1.165, 1.54) is 5.56 Å². The second-order valence-electron chi connectivity index (χ2n) is 5.00. The molecule has 0 radical (unpaired) electrons. The number of anilines is 1. The Labute approximate surface area is 131 Å². The van der Waals surface area contributed by atoms with Crippen molar-refractivity contribution in [3.63, 3.8) is 0 Å². The maximum Gasteiger partial charge on any atom is 0.161 e. The normalized spacial score (nSPS) is 10.8. The van der Waals surface area contributed by atoms with Crippen LogP contribution in [-0.2, 0) is 0 Å². The van der Waals surface area contributed by atoms with Gasteiger partial charge in [-0.3, -0.25) is 4.98 Å². The smallest absolute Gasteiger partial charge is 0.161 e. The molecule has 0 aliphatic heterocycles. The summed E-state index contributed by atoms with van der Waals surface area (Å²) in [5.41, 5.74) is 9.75. The summed E-state index contributed by atoms with van der Waals surface area (Å²) in [6.07, 6.45) is 1.64. The molecule has 0 aliphatic carbocycles. The van der Waals surface area contributed by atoms with Crippen molar-refractivity contribution in [3.05, 3.63) is 58.2 Å². The van der Waals surface area contributed by atoms with Crippen molar-refractivity contribution in [2.24, 2.45) is 0 Å². The van der Waals surface area contributed by atoms with Gasteiger partial charge in [-0.2, -0.15) is 0 Å². The van der Waals surface area contributed by atoms with Crippen molar-refractivity contribution in [2.45, 2.75) is 13.8 Å². The molecule has 4 heteroatoms. The minimum absolute atomic E-state index is 0.529. The predicted molar refractivity (Wildman–Crippen MR) is 89.8 cm³/mol. The van der Waals surface area contributed by atoms with E-state index in [1.807, 2.05) is 37.3 Å². The van der Waals surface area contributed by atoms with Gasteiger partial charge in [0.15, 0.2) is 5.75 Å². The van der Waals surface area contributed by atoms with E-state index in [-0.39, 0.29) is 0 Å². The highest BCUT2D eigenvalue weighted by Crippen LogP contribution is 2.37. The molecular formula is C17H15BrN2O. The number of nitrogen functional groups attached to an aromatic ring is 1. The average Bonchev–Trinajstić information content (AvgIpc) is 2.46. The lowest BCUT2D eigenvalue weighted by molar-refractivity contribution is 0.486. The topological polar surface area (TPSA) is 48.1 Å². The maximum atomic E-state index is 6.10. The summed E-state index contributed by atoms with van der Waals surface area (Å²) >= 11 is 3.48. The van der Waals surface area contributed by atoms with Gasteiger partial charge in [-0.1, -0.05) is 28.1 Å². The van der Waals surface area contributed by atoms with E-state index >= 15 is 0 Å². The van der Waals surface area contributed by atoms with Crippen molar-refractivity contribution in [1.82, 2.24) is 4.98 Å². The van der Waals surface area contributed by atoms with Crippen molar-refractivity contribution in [2.75, 3.05) is 5.73 Å². The quantitative estimate of drug-likeness (QED) is 0.713. The Balaban J connectivity index is 2.18. The first kappa shape index (κ1) is 13.9. The second-order valence-corrected chi connectivity index (χ2v) is 5.92. The van der Waals surface area contributed by atoms with E-state index in [9.17, 15) is 0 Å². The summed E-state index contributed by atoms with van der Waals surface area (Å²) in [6.45, 7) is 4.10. The number of hydrogen-bond donors (Lipinski definition) is 1. The number of aryl methyl sites for hydroxylation is 1. The van der Waals surface area contributed by atoms with Gasteiger partial charge in [-0.05, 0) is 49.2 Å². The van der Waals surface area contributed by atoms with Crippen LogP contribution in [0.3, 0.4) is 0 Å². The zero-order valence-corrected chi connectivity index (χ0v) is 13.4. The fraction of sp³-hybridized carbons (Fsp3) is 0.118. The van der Waals surface area contributed by atoms with Gasteiger partial charge in [-0.25, -0.2) is 0 Å². The molecule has 3 rings (SSSR count). The lowest BCUT2D eigenvalue weighted by atomic mass is 10.1. The molecule has 0 fully saturated rings. The molecule has 2 aromatic carbocycles. The molecule has 2 N–H and O–H groups in total. The van der Waals surface area contributed by atoms with E-state index in [2.05, 4.69) is 33.9 Å². The van der Waals surface area contributed by atoms with Crippen molar-refractivity contribution in [1.29, 1.82) is 0 Å². The number of nitrogens with zero attached hydrogens (tertiary/aromatic N) is 1. The number of ether oxygens (including phenoxy) is 1. The van der Waals surface area contributed by atoms with E-state index < -0.39 is 0 Å². The number of pyridine rings is 1. The molecule has 3 aromatic rings. The molecule has 0 saturated heterocycles. The van der Waals surface area contributed by atoms with Crippen LogP contribution in [0.2, 0.25) is 0 Å². The second kappa shape index (κ2) is 5.37. The Morgan fingerprint density at radius 1 is 1.14 bits per heavy atom. The predicted octanol–water partition coefficient (Wildman–Crippen LogP) is 4.99. The molecule has 3 nitrogen and oxygen atoms in total. The van der Waals surface area contributed by atoms with Gasteiger partial charge in [-0.15, -0.1) is 0 Å². The van der Waals surface area contributed by atoms with Crippen molar-refractivity contribution >= 4 is 32.5 Å². The van der Waals surface area contributed by atoms with Crippen LogP contribution in [0, 0.1) is 13.8 Å². The lowest BCUT2D eigenvalue weighted by Crippen LogP contribution is -1.97. The van der Waals surface area contributed by atoms with Gasteiger partial charge in [0, 0.05) is 9.86 Å². The lowest BCUT2D eigenvalue weighted by Gasteiger charge is -2.14. The Bertz CT molecular complexity index is 825. The number of hydrogen-bond acceptors (Lipinski definition) is 3. The zero-order chi connectivity index (χ0) is 15.0. The summed E-state index contributed by atoms with van der Waals surface area (Å²) in [6, 6.07) is 11.9. The first-order chi connectivity index (χ1) is 10.1. The number of rotatable bonds is 2. The highest BCUT2D eigenvalue weighted by atomic mass is 79.9. The van der Waals surface area contributed by atoms with E-state index in [1.54, 1.807) is 6.20 Å². The van der Waals surface area contributed by atoms with Crippen LogP contribution in [-0.4, -0.2) is 4.98 Å². The molecule has 0 aliphatic rings. The summed E-state index contributed by atoms with van der Waals surface area (Å²) in [4.78, 5) is 4.34. The standard InChI is InChI=1S/C17H15BrN2O/c1-10-4-3-5-16(11(10)2)21-17-13-8-12(18)6-7-15(13)20-9-14(17)19/h3-9H,19H2,1-2H3. The molecule has 0 atom stereocenters. The third-order valence-electron chi connectivity index (χ3n) is 3.58. The summed E-state index contributed by atoms with van der Waals surface area (Å²) in [5.74, 6) is 1.46. The molecule has 1 heterocycles. The van der Waals surface area contributed by atoms with E-state index in [0.29, 0.717) is 11.4 Å². The van der Waals surface area contributed by atoms with Crippen molar-refractivity contribution < 1.29 is 4.74 Å². The van der Waals surface area contributed by atoms with Crippen LogP contribution in [0.15, 0.2) is 47.1 Å². The SMILES string of the molecule is Cc1cccc(Oc2c(N)cnc3ccc(Br)cc23)c1C. The Morgan fingerprint density at radius 3 is 2.76 bits per heavy atom. The van der Waals surface area contributed by atoms with Gasteiger partial charge in [0.1, 0.15) is 5.75 Å². The fourth-order valence-corrected chi connectivity index (χ4v) is 2.58. The highest BCUT2D eigenvalue weighted by molar-refractivity contribution is 9.10. The number of aromatic nitrogens is 1. The summed E-state index contributed by atoms with van der Waals surface area (Å²) in [7, 11) is 0. The minimum Gasteiger partial charge on any atom is -0.454 e. The molecule has 0 bridgehead atoms. The third-order valence-corrected chi connectivity index (χ3v) is 4.07. The summed E-state index contributed by atoms with van der Waals surface area (Å²) in [5, 5.41) is 0.894. The number of nitrogens with two attached hydrogens (primary N) is 1. The highest BCUT2D eigenvalue weighted by Gasteiger charge is 2.11. The number of halogens is 1. The van der Waals surface area contributed by atoms with Gasteiger partial charge in [0.05, 0.1) is 17.4 Å². The Morgan fingerprint density at radius 2 is 1.95 bits per heavy atom. The van der Waals surface area contributed by atoms with E-state index in [0.717, 1.165) is 26.7 Å². The van der Waals surface area contributed by atoms with Gasteiger partial charge in [0.2, 0.25) is 0 Å². The number of benzene rings is 2. The molecule has 0 amide bonds. The Hall–Kier alpha value is -2.07. The number of fused-ring (bicyclic) bond motifs is 1. The zero-order valence-electron chi connectivity index (χ0n) is 11.9. The average molecular weight is 343 g/mol. The van der Waals surface area contributed by atoms with Crippen LogP contribution >= 0.6 is 15.9 Å². The monoisotopic (exact) mass is 342 g/mol. The van der Waals surface area contributed by atoms with E-state index in [4.69, 9.17) is 10.5 Å². The van der Waals surface area contributed by atoms with Gasteiger partial charge in [0.25, 0.3) is 0 Å². The minimum atomic E-state index is 0.529. The molecular weight excluding hydrogens is 328 g/mol. The van der Waals surface area contributed by atoms with Gasteiger partial charge >= 0.3 is 0 Å². The molecule has 1 aromatic heterocycles. The molecule has 21 heavy (non-hydrogen) atoms. The van der Waals surface area contributed by atoms with Crippen LogP contribution in [0.5, 0.6) is 11.5 Å². The first-order valence-electron chi connectivity index (χ1n) is 6.64.